The van der Waals surface area contributed by atoms with E-state index in [4.69, 9.17) is 11.6 Å². The molecule has 0 aliphatic carbocycles. The van der Waals surface area contributed by atoms with Gasteiger partial charge in [0, 0.05) is 4.90 Å². The molecule has 0 N–H and O–H groups in total. The normalized spacial score (nSPS) is 14.7. The molecule has 0 bridgehead atoms. The molecule has 0 amide bonds. The summed E-state index contributed by atoms with van der Waals surface area (Å²) in [6.45, 7) is 2.93. The molecule has 0 aliphatic heterocycles. The SMILES string of the molecule is CC(=O)C(C)S(=O)c1ccc(F)c(Cl)c1. The highest BCUT2D eigenvalue weighted by Crippen LogP contribution is 2.20. The van der Waals surface area contributed by atoms with Crippen molar-refractivity contribution in [1.29, 1.82) is 0 Å². The second-order valence-corrected chi connectivity index (χ2v) is 5.31. The van der Waals surface area contributed by atoms with Gasteiger partial charge in [-0.3, -0.25) is 9.00 Å². The lowest BCUT2D eigenvalue weighted by Crippen LogP contribution is -2.19. The van der Waals surface area contributed by atoms with E-state index in [1.54, 1.807) is 6.92 Å². The maximum absolute atomic E-state index is 12.8. The molecule has 0 radical (unpaired) electrons. The van der Waals surface area contributed by atoms with E-state index in [0.29, 0.717) is 4.90 Å². The van der Waals surface area contributed by atoms with Crippen molar-refractivity contribution in [3.8, 4) is 0 Å². The lowest BCUT2D eigenvalue weighted by molar-refractivity contribution is -0.116. The van der Waals surface area contributed by atoms with Crippen molar-refractivity contribution in [3.63, 3.8) is 0 Å². The van der Waals surface area contributed by atoms with E-state index in [0.717, 1.165) is 6.07 Å². The van der Waals surface area contributed by atoms with E-state index in [-0.39, 0.29) is 10.8 Å². The van der Waals surface area contributed by atoms with Gasteiger partial charge in [-0.25, -0.2) is 4.39 Å². The fraction of sp³-hybridized carbons (Fsp3) is 0.300. The highest BCUT2D eigenvalue weighted by molar-refractivity contribution is 7.86. The number of halogens is 2. The van der Waals surface area contributed by atoms with Crippen LogP contribution < -0.4 is 0 Å². The molecule has 1 rings (SSSR count). The van der Waals surface area contributed by atoms with Gasteiger partial charge in [0.25, 0.3) is 0 Å². The van der Waals surface area contributed by atoms with Crippen LogP contribution in [0.2, 0.25) is 5.02 Å². The molecule has 0 saturated heterocycles. The van der Waals surface area contributed by atoms with Crippen LogP contribution in [0.4, 0.5) is 4.39 Å². The Balaban J connectivity index is 3.02. The smallest absolute Gasteiger partial charge is 0.145 e. The van der Waals surface area contributed by atoms with Crippen molar-refractivity contribution >= 4 is 28.2 Å². The summed E-state index contributed by atoms with van der Waals surface area (Å²) in [5, 5.41) is -0.692. The van der Waals surface area contributed by atoms with Crippen LogP contribution in [0.25, 0.3) is 0 Å². The van der Waals surface area contributed by atoms with Crippen LogP contribution in [0, 0.1) is 5.82 Å². The third-order valence-electron chi connectivity index (χ3n) is 2.02. The van der Waals surface area contributed by atoms with Gasteiger partial charge in [-0.15, -0.1) is 0 Å². The quantitative estimate of drug-likeness (QED) is 0.824. The van der Waals surface area contributed by atoms with E-state index in [2.05, 4.69) is 0 Å². The van der Waals surface area contributed by atoms with Gasteiger partial charge in [0.05, 0.1) is 21.1 Å². The summed E-state index contributed by atoms with van der Waals surface area (Å²) >= 11 is 5.55. The summed E-state index contributed by atoms with van der Waals surface area (Å²) in [5.74, 6) is -0.735. The van der Waals surface area contributed by atoms with Crippen LogP contribution in [0.5, 0.6) is 0 Å². The topological polar surface area (TPSA) is 34.1 Å². The van der Waals surface area contributed by atoms with E-state index in [1.807, 2.05) is 0 Å². The molecular formula is C10H10ClFO2S. The largest absolute Gasteiger partial charge is 0.299 e. The molecule has 0 aliphatic rings. The number of carbonyl (C=O) groups excluding carboxylic acids is 1. The molecule has 0 fully saturated rings. The summed E-state index contributed by atoms with van der Waals surface area (Å²) in [4.78, 5) is 11.4. The lowest BCUT2D eigenvalue weighted by Gasteiger charge is -2.08. The molecule has 2 nitrogen and oxygen atoms in total. The van der Waals surface area contributed by atoms with Crippen molar-refractivity contribution in [3.05, 3.63) is 29.0 Å². The fourth-order valence-corrected chi connectivity index (χ4v) is 2.35. The second kappa shape index (κ2) is 4.86. The third-order valence-corrected chi connectivity index (χ3v) is 4.00. The molecular weight excluding hydrogens is 239 g/mol. The van der Waals surface area contributed by atoms with Crippen LogP contribution in [-0.2, 0) is 15.6 Å². The lowest BCUT2D eigenvalue weighted by atomic mass is 10.3. The van der Waals surface area contributed by atoms with Gasteiger partial charge in [-0.1, -0.05) is 11.6 Å². The second-order valence-electron chi connectivity index (χ2n) is 3.13. The molecule has 0 spiro atoms. The minimum atomic E-state index is -1.48. The summed E-state index contributed by atoms with van der Waals surface area (Å²) in [6.07, 6.45) is 0. The van der Waals surface area contributed by atoms with Crippen molar-refractivity contribution < 1.29 is 13.4 Å². The Kier molecular flexibility index (Phi) is 3.99. The first-order chi connectivity index (χ1) is 6.93. The van der Waals surface area contributed by atoms with E-state index in [9.17, 15) is 13.4 Å². The molecule has 15 heavy (non-hydrogen) atoms. The first kappa shape index (κ1) is 12.3. The maximum atomic E-state index is 12.8. The summed E-state index contributed by atoms with van der Waals surface area (Å²) < 4.78 is 24.6. The minimum Gasteiger partial charge on any atom is -0.299 e. The van der Waals surface area contributed by atoms with Gasteiger partial charge in [-0.05, 0) is 32.0 Å². The highest BCUT2D eigenvalue weighted by Gasteiger charge is 2.18. The van der Waals surface area contributed by atoms with Crippen LogP contribution in [0.15, 0.2) is 23.1 Å². The zero-order valence-corrected chi connectivity index (χ0v) is 9.86. The van der Waals surface area contributed by atoms with Crippen molar-refractivity contribution in [2.75, 3.05) is 0 Å². The maximum Gasteiger partial charge on any atom is 0.145 e. The van der Waals surface area contributed by atoms with Crippen molar-refractivity contribution in [2.45, 2.75) is 24.0 Å². The average molecular weight is 249 g/mol. The molecule has 0 aromatic heterocycles. The number of rotatable bonds is 3. The first-order valence-corrected chi connectivity index (χ1v) is 5.88. The monoisotopic (exact) mass is 248 g/mol. The van der Waals surface area contributed by atoms with Gasteiger partial charge in [0.1, 0.15) is 11.6 Å². The van der Waals surface area contributed by atoms with Crippen LogP contribution in [0.3, 0.4) is 0 Å². The number of hydrogen-bond acceptors (Lipinski definition) is 2. The van der Waals surface area contributed by atoms with E-state index >= 15 is 0 Å². The number of ketones is 1. The summed E-state index contributed by atoms with van der Waals surface area (Å²) in [7, 11) is -1.48. The fourth-order valence-electron chi connectivity index (χ4n) is 0.957. The predicted octanol–water partition coefficient (Wildman–Crippen LogP) is 2.56. The average Bonchev–Trinajstić information content (AvgIpc) is 2.19. The molecule has 1 aromatic rings. The molecule has 0 heterocycles. The van der Waals surface area contributed by atoms with Crippen molar-refractivity contribution in [2.24, 2.45) is 0 Å². The van der Waals surface area contributed by atoms with Gasteiger partial charge in [0.2, 0.25) is 0 Å². The van der Waals surface area contributed by atoms with E-state index in [1.165, 1.54) is 19.1 Å². The number of benzene rings is 1. The third kappa shape index (κ3) is 2.86. The van der Waals surface area contributed by atoms with Gasteiger partial charge < -0.3 is 0 Å². The Morgan fingerprint density at radius 2 is 2.13 bits per heavy atom. The zero-order valence-electron chi connectivity index (χ0n) is 8.29. The predicted molar refractivity (Wildman–Crippen MR) is 58.0 cm³/mol. The Morgan fingerprint density at radius 3 is 2.60 bits per heavy atom. The Labute approximate surface area is 94.9 Å². The molecule has 2 unspecified atom stereocenters. The van der Waals surface area contributed by atoms with Crippen LogP contribution in [-0.4, -0.2) is 15.2 Å². The number of Topliss-reactive ketones (excluding diaryl/α,β-unsaturated/α-hetero) is 1. The van der Waals surface area contributed by atoms with Gasteiger partial charge in [0.15, 0.2) is 0 Å². The van der Waals surface area contributed by atoms with Crippen LogP contribution in [0.1, 0.15) is 13.8 Å². The Bertz CT molecular complexity index is 420. The number of hydrogen-bond donors (Lipinski definition) is 0. The van der Waals surface area contributed by atoms with Gasteiger partial charge in [-0.2, -0.15) is 0 Å². The summed E-state index contributed by atoms with van der Waals surface area (Å²) in [6, 6.07) is 3.80. The Morgan fingerprint density at radius 1 is 1.53 bits per heavy atom. The minimum absolute atomic E-state index is 0.0865. The summed E-state index contributed by atoms with van der Waals surface area (Å²) in [5.41, 5.74) is 0. The first-order valence-electron chi connectivity index (χ1n) is 4.29. The van der Waals surface area contributed by atoms with Crippen LogP contribution >= 0.6 is 11.6 Å². The van der Waals surface area contributed by atoms with Gasteiger partial charge >= 0.3 is 0 Å². The molecule has 1 aromatic carbocycles. The zero-order chi connectivity index (χ0) is 11.6. The highest BCUT2D eigenvalue weighted by atomic mass is 35.5. The molecule has 5 heteroatoms. The standard InChI is InChI=1S/C10H10ClFO2S/c1-6(13)7(2)15(14)8-3-4-10(12)9(11)5-8/h3-5,7H,1-2H3. The van der Waals surface area contributed by atoms with E-state index < -0.39 is 21.9 Å². The molecule has 0 saturated carbocycles. The molecule has 2 atom stereocenters. The molecule has 82 valence electrons. The Hall–Kier alpha value is -0.740. The van der Waals surface area contributed by atoms with Crippen molar-refractivity contribution in [1.82, 2.24) is 0 Å². The number of carbonyl (C=O) groups is 1.